The van der Waals surface area contributed by atoms with Gasteiger partial charge in [-0.15, -0.1) is 0 Å². The number of aryl methyl sites for hydroxylation is 1. The molecule has 0 saturated heterocycles. The molecule has 5 rings (SSSR count). The van der Waals surface area contributed by atoms with Crippen molar-refractivity contribution in [1.29, 1.82) is 0 Å². The van der Waals surface area contributed by atoms with E-state index in [1.54, 1.807) is 59.7 Å². The molecule has 3 heterocycles. The maximum Gasteiger partial charge on any atom is 0.261 e. The van der Waals surface area contributed by atoms with Gasteiger partial charge in [0.05, 0.1) is 22.0 Å². The average Bonchev–Trinajstić information content (AvgIpc) is 3.45. The summed E-state index contributed by atoms with van der Waals surface area (Å²) in [7, 11) is -3.76. The molecule has 0 spiro atoms. The zero-order valence-corrected chi connectivity index (χ0v) is 17.4. The number of sulfonamides is 1. The smallest absolute Gasteiger partial charge is 0.261 e. The van der Waals surface area contributed by atoms with Gasteiger partial charge in [-0.05, 0) is 55.0 Å². The van der Waals surface area contributed by atoms with Gasteiger partial charge in [0.1, 0.15) is 0 Å². The Morgan fingerprint density at radius 1 is 0.968 bits per heavy atom. The molecule has 0 aliphatic carbocycles. The number of nitrogens with zero attached hydrogens (tertiary/aromatic N) is 5. The molecule has 31 heavy (non-hydrogen) atoms. The maximum atomic E-state index is 13.0. The van der Waals surface area contributed by atoms with Gasteiger partial charge in [-0.2, -0.15) is 5.10 Å². The minimum absolute atomic E-state index is 0.171. The van der Waals surface area contributed by atoms with E-state index in [0.29, 0.717) is 17.2 Å². The van der Waals surface area contributed by atoms with Crippen molar-refractivity contribution < 1.29 is 8.42 Å². The highest BCUT2D eigenvalue weighted by atomic mass is 32.2. The second-order valence-electron chi connectivity index (χ2n) is 7.03. The molecular weight excluding hydrogens is 412 g/mol. The van der Waals surface area contributed by atoms with E-state index in [4.69, 9.17) is 0 Å². The molecule has 0 saturated carbocycles. The summed E-state index contributed by atoms with van der Waals surface area (Å²) >= 11 is 0. The lowest BCUT2D eigenvalue weighted by Gasteiger charge is -2.12. The number of benzene rings is 2. The van der Waals surface area contributed by atoms with E-state index >= 15 is 0 Å². The maximum absolute atomic E-state index is 13.0. The number of hydrogen-bond donors (Lipinski definition) is 1. The average molecular weight is 430 g/mol. The summed E-state index contributed by atoms with van der Waals surface area (Å²) in [6.07, 6.45) is 8.87. The normalized spacial score (nSPS) is 11.6. The van der Waals surface area contributed by atoms with E-state index in [1.165, 1.54) is 0 Å². The third-order valence-corrected chi connectivity index (χ3v) is 6.31. The Morgan fingerprint density at radius 3 is 2.52 bits per heavy atom. The Morgan fingerprint density at radius 2 is 1.77 bits per heavy atom. The van der Waals surface area contributed by atoms with Crippen LogP contribution < -0.4 is 4.72 Å². The van der Waals surface area contributed by atoms with Crippen LogP contribution in [0.25, 0.3) is 22.7 Å². The van der Waals surface area contributed by atoms with Crippen LogP contribution in [0.5, 0.6) is 0 Å². The molecule has 0 atom stereocenters. The van der Waals surface area contributed by atoms with Crippen LogP contribution in [-0.4, -0.2) is 32.6 Å². The molecular formula is C22H18N6O2S. The van der Waals surface area contributed by atoms with Crippen molar-refractivity contribution in [3.63, 3.8) is 0 Å². The van der Waals surface area contributed by atoms with Gasteiger partial charge < -0.3 is 0 Å². The predicted octanol–water partition coefficient (Wildman–Crippen LogP) is 3.69. The summed E-state index contributed by atoms with van der Waals surface area (Å²) in [4.78, 5) is 8.91. The third kappa shape index (κ3) is 3.66. The SMILES string of the molecule is Cc1ccc(-c2cn3cccnc3n2)cc1NS(=O)(=O)c1ccc(-n2cccn2)cc1. The van der Waals surface area contributed by atoms with Crippen LogP contribution in [-0.2, 0) is 10.0 Å². The minimum atomic E-state index is -3.76. The van der Waals surface area contributed by atoms with Crippen molar-refractivity contribution in [3.05, 3.63) is 91.1 Å². The van der Waals surface area contributed by atoms with Gasteiger partial charge in [0, 0.05) is 36.5 Å². The highest BCUT2D eigenvalue weighted by Gasteiger charge is 2.17. The Labute approximate surface area is 178 Å². The Hall–Kier alpha value is -3.98. The molecule has 0 amide bonds. The Bertz CT molecular complexity index is 1440. The molecule has 9 heteroatoms. The molecule has 0 radical (unpaired) electrons. The summed E-state index contributed by atoms with van der Waals surface area (Å²) in [6.45, 7) is 1.85. The molecule has 0 bridgehead atoms. The molecule has 5 aromatic rings. The number of anilines is 1. The summed E-state index contributed by atoms with van der Waals surface area (Å²) in [5.41, 5.74) is 3.59. The van der Waals surface area contributed by atoms with Crippen molar-refractivity contribution in [2.75, 3.05) is 4.72 Å². The zero-order valence-electron chi connectivity index (χ0n) is 16.5. The molecule has 8 nitrogen and oxygen atoms in total. The first-order chi connectivity index (χ1) is 15.0. The highest BCUT2D eigenvalue weighted by Crippen LogP contribution is 2.27. The van der Waals surface area contributed by atoms with Crippen LogP contribution in [0.3, 0.4) is 0 Å². The van der Waals surface area contributed by atoms with E-state index < -0.39 is 10.0 Å². The lowest BCUT2D eigenvalue weighted by molar-refractivity contribution is 0.601. The summed E-state index contributed by atoms with van der Waals surface area (Å²) in [5.74, 6) is 0.581. The van der Waals surface area contributed by atoms with Crippen molar-refractivity contribution >= 4 is 21.5 Å². The van der Waals surface area contributed by atoms with Crippen molar-refractivity contribution in [1.82, 2.24) is 24.1 Å². The van der Waals surface area contributed by atoms with Crippen LogP contribution in [0.2, 0.25) is 0 Å². The topological polar surface area (TPSA) is 94.2 Å². The first-order valence-corrected chi connectivity index (χ1v) is 11.0. The minimum Gasteiger partial charge on any atom is -0.291 e. The molecule has 0 fully saturated rings. The lowest BCUT2D eigenvalue weighted by Crippen LogP contribution is -2.14. The lowest BCUT2D eigenvalue weighted by atomic mass is 10.1. The molecule has 0 unspecified atom stereocenters. The number of hydrogen-bond acceptors (Lipinski definition) is 5. The predicted molar refractivity (Wildman–Crippen MR) is 118 cm³/mol. The first-order valence-electron chi connectivity index (χ1n) is 9.53. The number of rotatable bonds is 5. The van der Waals surface area contributed by atoms with Crippen molar-refractivity contribution in [2.24, 2.45) is 0 Å². The quantitative estimate of drug-likeness (QED) is 0.459. The van der Waals surface area contributed by atoms with Crippen LogP contribution >= 0.6 is 0 Å². The van der Waals surface area contributed by atoms with Gasteiger partial charge in [0.15, 0.2) is 0 Å². The molecule has 0 aliphatic rings. The fourth-order valence-corrected chi connectivity index (χ4v) is 4.39. The second-order valence-corrected chi connectivity index (χ2v) is 8.72. The second kappa shape index (κ2) is 7.37. The number of aromatic nitrogens is 5. The Balaban J connectivity index is 1.45. The molecule has 0 aliphatic heterocycles. The van der Waals surface area contributed by atoms with Crippen LogP contribution in [0.1, 0.15) is 5.56 Å². The van der Waals surface area contributed by atoms with Gasteiger partial charge in [-0.1, -0.05) is 12.1 Å². The molecule has 154 valence electrons. The van der Waals surface area contributed by atoms with E-state index in [2.05, 4.69) is 19.8 Å². The van der Waals surface area contributed by atoms with E-state index in [-0.39, 0.29) is 4.90 Å². The first kappa shape index (κ1) is 19.0. The summed E-state index contributed by atoms with van der Waals surface area (Å²) < 4.78 is 32.1. The van der Waals surface area contributed by atoms with Crippen LogP contribution in [0.15, 0.2) is 90.5 Å². The van der Waals surface area contributed by atoms with Crippen LogP contribution in [0, 0.1) is 6.92 Å². The zero-order chi connectivity index (χ0) is 21.4. The van der Waals surface area contributed by atoms with E-state index in [0.717, 1.165) is 16.8 Å². The summed E-state index contributed by atoms with van der Waals surface area (Å²) in [5, 5.41) is 4.15. The number of nitrogens with one attached hydrogen (secondary N) is 1. The summed E-state index contributed by atoms with van der Waals surface area (Å²) in [6, 6.07) is 15.7. The number of imidazole rings is 1. The molecule has 2 aromatic carbocycles. The van der Waals surface area contributed by atoms with Crippen molar-refractivity contribution in [2.45, 2.75) is 11.8 Å². The largest absolute Gasteiger partial charge is 0.291 e. The van der Waals surface area contributed by atoms with Gasteiger partial charge in [0.2, 0.25) is 5.78 Å². The monoisotopic (exact) mass is 430 g/mol. The molecule has 1 N–H and O–H groups in total. The Kier molecular flexibility index (Phi) is 4.52. The van der Waals surface area contributed by atoms with E-state index in [1.807, 2.05) is 41.9 Å². The van der Waals surface area contributed by atoms with Crippen LogP contribution in [0.4, 0.5) is 5.69 Å². The van der Waals surface area contributed by atoms with Gasteiger partial charge in [-0.3, -0.25) is 9.12 Å². The van der Waals surface area contributed by atoms with Gasteiger partial charge in [0.25, 0.3) is 10.0 Å². The highest BCUT2D eigenvalue weighted by molar-refractivity contribution is 7.92. The van der Waals surface area contributed by atoms with Gasteiger partial charge in [-0.25, -0.2) is 23.1 Å². The fraction of sp³-hybridized carbons (Fsp3) is 0.0455. The fourth-order valence-electron chi connectivity index (χ4n) is 3.26. The third-order valence-electron chi connectivity index (χ3n) is 4.93. The molecule has 3 aromatic heterocycles. The van der Waals surface area contributed by atoms with Gasteiger partial charge >= 0.3 is 0 Å². The standard InChI is InChI=1S/C22H18N6O2S/c1-16-4-5-17(21-15-27-12-2-10-23-22(27)25-21)14-20(16)26-31(29,30)19-8-6-18(7-9-19)28-13-3-11-24-28/h2-15,26H,1H3. The van der Waals surface area contributed by atoms with E-state index in [9.17, 15) is 8.42 Å². The van der Waals surface area contributed by atoms with Crippen molar-refractivity contribution in [3.8, 4) is 16.9 Å². The number of fused-ring (bicyclic) bond motifs is 1.